The number of amides is 1. The van der Waals surface area contributed by atoms with Gasteiger partial charge >= 0.3 is 0 Å². The van der Waals surface area contributed by atoms with Crippen molar-refractivity contribution in [3.8, 4) is 5.75 Å². The fourth-order valence-corrected chi connectivity index (χ4v) is 3.84. The zero-order chi connectivity index (χ0) is 19.9. The number of hydrogen-bond donors (Lipinski definition) is 1. The van der Waals surface area contributed by atoms with Crippen LogP contribution in [0.3, 0.4) is 0 Å². The Morgan fingerprint density at radius 3 is 2.76 bits per heavy atom. The number of thiophene rings is 1. The minimum absolute atomic E-state index is 0. The van der Waals surface area contributed by atoms with Gasteiger partial charge in [0.15, 0.2) is 0 Å². The van der Waals surface area contributed by atoms with Gasteiger partial charge in [-0.1, -0.05) is 23.7 Å². The Bertz CT molecular complexity index is 899. The van der Waals surface area contributed by atoms with Crippen LogP contribution in [0.5, 0.6) is 5.75 Å². The summed E-state index contributed by atoms with van der Waals surface area (Å²) in [5, 5.41) is 0. The Morgan fingerprint density at radius 1 is 1.28 bits per heavy atom. The third-order valence-electron chi connectivity index (χ3n) is 4.49. The van der Waals surface area contributed by atoms with Crippen molar-refractivity contribution in [3.05, 3.63) is 75.3 Å². The predicted octanol–water partition coefficient (Wildman–Crippen LogP) is 4.91. The quantitative estimate of drug-likeness (QED) is 0.472. The lowest BCUT2D eigenvalue weighted by molar-refractivity contribution is -0.122. The smallest absolute Gasteiger partial charge is 0.234 e. The highest BCUT2D eigenvalue weighted by Gasteiger charge is 2.20. The summed E-state index contributed by atoms with van der Waals surface area (Å²) >= 11 is 7.47. The molecular formula is C21H24Cl2N2O3S. The van der Waals surface area contributed by atoms with Crippen molar-refractivity contribution in [1.29, 1.82) is 0 Å². The Kier molecular flexibility index (Phi) is 9.04. The Morgan fingerprint density at radius 2 is 2.10 bits per heavy atom. The third-order valence-corrected chi connectivity index (χ3v) is 5.70. The van der Waals surface area contributed by atoms with E-state index < -0.39 is 0 Å². The molecule has 1 unspecified atom stereocenters. The van der Waals surface area contributed by atoms with E-state index >= 15 is 0 Å². The van der Waals surface area contributed by atoms with E-state index in [1.807, 2.05) is 54.3 Å². The number of rotatable bonds is 10. The van der Waals surface area contributed by atoms with Crippen molar-refractivity contribution in [2.75, 3.05) is 6.54 Å². The zero-order valence-electron chi connectivity index (χ0n) is 16.0. The number of primary amides is 1. The van der Waals surface area contributed by atoms with Crippen LogP contribution in [0.1, 0.15) is 23.1 Å². The van der Waals surface area contributed by atoms with Crippen LogP contribution in [0.15, 0.2) is 59.2 Å². The molecule has 2 N–H and O–H groups in total. The number of halogens is 2. The summed E-state index contributed by atoms with van der Waals surface area (Å²) < 4.78 is 12.0. The summed E-state index contributed by atoms with van der Waals surface area (Å²) in [6, 6.07) is 15.2. The fraction of sp³-hybridized carbons (Fsp3) is 0.286. The van der Waals surface area contributed by atoms with Gasteiger partial charge in [0, 0.05) is 11.4 Å². The average Bonchev–Trinajstić information content (AvgIpc) is 3.34. The molecule has 0 aliphatic rings. The van der Waals surface area contributed by atoms with Crippen molar-refractivity contribution in [1.82, 2.24) is 4.90 Å². The molecule has 3 aromatic rings. The van der Waals surface area contributed by atoms with Crippen LogP contribution in [0.2, 0.25) is 4.34 Å². The number of carbonyl (C=O) groups excluding carboxylic acids is 1. The van der Waals surface area contributed by atoms with Gasteiger partial charge in [-0.05, 0) is 55.3 Å². The molecule has 156 valence electrons. The molecule has 5 nitrogen and oxygen atoms in total. The first-order chi connectivity index (χ1) is 13.5. The lowest BCUT2D eigenvalue weighted by Crippen LogP contribution is -2.43. The fourth-order valence-electron chi connectivity index (χ4n) is 2.84. The molecule has 0 radical (unpaired) electrons. The lowest BCUT2D eigenvalue weighted by atomic mass is 10.1. The lowest BCUT2D eigenvalue weighted by Gasteiger charge is -2.26. The van der Waals surface area contributed by atoms with Crippen molar-refractivity contribution in [3.63, 3.8) is 0 Å². The van der Waals surface area contributed by atoms with Gasteiger partial charge < -0.3 is 14.9 Å². The number of nitrogens with zero attached hydrogens (tertiary/aromatic N) is 1. The van der Waals surface area contributed by atoms with Crippen LogP contribution < -0.4 is 10.5 Å². The highest BCUT2D eigenvalue weighted by molar-refractivity contribution is 7.16. The van der Waals surface area contributed by atoms with E-state index in [9.17, 15) is 4.79 Å². The van der Waals surface area contributed by atoms with Gasteiger partial charge in [0.05, 0.1) is 23.2 Å². The maximum absolute atomic E-state index is 11.7. The minimum Gasteiger partial charge on any atom is -0.488 e. The first-order valence-electron chi connectivity index (χ1n) is 9.03. The Balaban J connectivity index is 0.00000300. The summed E-state index contributed by atoms with van der Waals surface area (Å²) in [5.74, 6) is 1.26. The second kappa shape index (κ2) is 11.3. The molecule has 3 rings (SSSR count). The van der Waals surface area contributed by atoms with Gasteiger partial charge in [-0.3, -0.25) is 9.69 Å². The normalized spacial score (nSPS) is 11.8. The number of benzene rings is 1. The van der Waals surface area contributed by atoms with Gasteiger partial charge in [-0.25, -0.2) is 0 Å². The predicted molar refractivity (Wildman–Crippen MR) is 119 cm³/mol. The van der Waals surface area contributed by atoms with E-state index in [-0.39, 0.29) is 24.4 Å². The minimum atomic E-state index is -0.381. The van der Waals surface area contributed by atoms with Crippen molar-refractivity contribution >= 4 is 41.3 Å². The molecule has 0 fully saturated rings. The van der Waals surface area contributed by atoms with E-state index in [1.165, 1.54) is 11.3 Å². The molecule has 0 aliphatic carbocycles. The van der Waals surface area contributed by atoms with Gasteiger partial charge in [-0.2, -0.15) is 0 Å². The molecule has 8 heteroatoms. The largest absolute Gasteiger partial charge is 0.488 e. The Hall–Kier alpha value is -1.99. The number of ether oxygens (including phenoxy) is 1. The number of nitrogens with two attached hydrogens (primary N) is 1. The topological polar surface area (TPSA) is 68.7 Å². The molecule has 29 heavy (non-hydrogen) atoms. The van der Waals surface area contributed by atoms with E-state index in [4.69, 9.17) is 26.5 Å². The second-order valence-corrected chi connectivity index (χ2v) is 8.32. The Labute approximate surface area is 185 Å². The number of hydrogen-bond acceptors (Lipinski definition) is 5. The summed E-state index contributed by atoms with van der Waals surface area (Å²) in [4.78, 5) is 14.8. The van der Waals surface area contributed by atoms with Crippen LogP contribution >= 0.6 is 35.3 Å². The molecule has 0 spiro atoms. The molecule has 1 amide bonds. The van der Waals surface area contributed by atoms with E-state index in [1.54, 1.807) is 6.26 Å². The molecule has 1 atom stereocenters. The summed E-state index contributed by atoms with van der Waals surface area (Å²) in [6.07, 6.45) is 2.39. The van der Waals surface area contributed by atoms with Crippen molar-refractivity contribution in [2.45, 2.75) is 32.5 Å². The molecular weight excluding hydrogens is 431 g/mol. The average molecular weight is 455 g/mol. The zero-order valence-corrected chi connectivity index (χ0v) is 18.4. The van der Waals surface area contributed by atoms with Gasteiger partial charge in [0.1, 0.15) is 18.1 Å². The molecule has 1 aromatic carbocycles. The van der Waals surface area contributed by atoms with Crippen molar-refractivity contribution in [2.24, 2.45) is 5.73 Å². The maximum atomic E-state index is 11.7. The number of carbonyl (C=O) groups is 1. The standard InChI is InChI=1S/C21H23ClN2O3S.ClH/c1-15(21(23)25)24(13-18-6-3-11-26-18)10-9-16-4-2-5-17(12-16)27-14-19-7-8-20(22)28-19;/h2-8,11-12,15H,9-10,13-14H2,1H3,(H2,23,25);1H. The monoisotopic (exact) mass is 454 g/mol. The molecule has 0 bridgehead atoms. The van der Waals surface area contributed by atoms with Crippen molar-refractivity contribution < 1.29 is 13.9 Å². The van der Waals surface area contributed by atoms with E-state index in [0.717, 1.165) is 32.7 Å². The highest BCUT2D eigenvalue weighted by Crippen LogP contribution is 2.23. The summed E-state index contributed by atoms with van der Waals surface area (Å²) in [5.41, 5.74) is 6.64. The third kappa shape index (κ3) is 7.08. The number of furan rings is 1. The van der Waals surface area contributed by atoms with Gasteiger partial charge in [0.2, 0.25) is 5.91 Å². The second-order valence-electron chi connectivity index (χ2n) is 6.52. The summed E-state index contributed by atoms with van der Waals surface area (Å²) in [6.45, 7) is 3.52. The van der Waals surface area contributed by atoms with Gasteiger partial charge in [0.25, 0.3) is 0 Å². The van der Waals surface area contributed by atoms with Crippen LogP contribution in [0.25, 0.3) is 0 Å². The molecule has 2 aromatic heterocycles. The molecule has 0 aliphatic heterocycles. The molecule has 0 saturated carbocycles. The van der Waals surface area contributed by atoms with Crippen LogP contribution in [0.4, 0.5) is 0 Å². The van der Waals surface area contributed by atoms with Crippen LogP contribution in [0, 0.1) is 0 Å². The van der Waals surface area contributed by atoms with Gasteiger partial charge in [-0.15, -0.1) is 23.7 Å². The van der Waals surface area contributed by atoms with E-state index in [2.05, 4.69) is 6.07 Å². The van der Waals surface area contributed by atoms with Crippen LogP contribution in [-0.2, 0) is 24.4 Å². The molecule has 0 saturated heterocycles. The molecule has 2 heterocycles. The SMILES string of the molecule is CC(C(N)=O)N(CCc1cccc(OCc2ccc(Cl)s2)c1)Cc1ccco1.Cl. The highest BCUT2D eigenvalue weighted by atomic mass is 35.5. The summed E-state index contributed by atoms with van der Waals surface area (Å²) in [7, 11) is 0. The van der Waals surface area contributed by atoms with E-state index in [0.29, 0.717) is 19.7 Å². The maximum Gasteiger partial charge on any atom is 0.234 e. The first kappa shape index (κ1) is 23.3. The first-order valence-corrected chi connectivity index (χ1v) is 10.2. The van der Waals surface area contributed by atoms with Crippen LogP contribution in [-0.4, -0.2) is 23.4 Å².